The van der Waals surface area contributed by atoms with E-state index in [0.717, 1.165) is 16.9 Å². The van der Waals surface area contributed by atoms with Crippen LogP contribution in [0.25, 0.3) is 0 Å². The van der Waals surface area contributed by atoms with Crippen LogP contribution in [0.4, 0.5) is 10.5 Å². The van der Waals surface area contributed by atoms with Gasteiger partial charge < -0.3 is 20.1 Å². The minimum Gasteiger partial charge on any atom is -0.491 e. The number of methoxy groups -OCH3 is 1. The van der Waals surface area contributed by atoms with Crippen molar-refractivity contribution < 1.29 is 19.1 Å². The average Bonchev–Trinajstić information content (AvgIpc) is 2.63. The standard InChI is InChI=1S/C20H24N2O4/c1-13-8-9-14(2)18(15(13)3)26-11-10-21-20(24)22-17-7-5-6-16(12-17)19(23)25-4/h5-9,12H,10-11H2,1-4H3,(H2,21,22,24). The summed E-state index contributed by atoms with van der Waals surface area (Å²) in [5, 5.41) is 5.40. The molecule has 0 radical (unpaired) electrons. The van der Waals surface area contributed by atoms with Crippen LogP contribution in [-0.4, -0.2) is 32.3 Å². The van der Waals surface area contributed by atoms with Gasteiger partial charge in [0.05, 0.1) is 19.2 Å². The van der Waals surface area contributed by atoms with E-state index in [4.69, 9.17) is 4.74 Å². The van der Waals surface area contributed by atoms with Gasteiger partial charge in [-0.2, -0.15) is 0 Å². The molecule has 0 bridgehead atoms. The van der Waals surface area contributed by atoms with Gasteiger partial charge in [0.25, 0.3) is 0 Å². The lowest BCUT2D eigenvalue weighted by atomic mass is 10.1. The maximum Gasteiger partial charge on any atom is 0.337 e. The second-order valence-corrected chi connectivity index (χ2v) is 5.96. The number of esters is 1. The fourth-order valence-electron chi connectivity index (χ4n) is 2.48. The summed E-state index contributed by atoms with van der Waals surface area (Å²) in [5.74, 6) is 0.407. The number of amides is 2. The van der Waals surface area contributed by atoms with Crippen molar-refractivity contribution >= 4 is 17.7 Å². The van der Waals surface area contributed by atoms with E-state index >= 15 is 0 Å². The number of anilines is 1. The molecular formula is C20H24N2O4. The van der Waals surface area contributed by atoms with E-state index in [9.17, 15) is 9.59 Å². The topological polar surface area (TPSA) is 76.7 Å². The SMILES string of the molecule is COC(=O)c1cccc(NC(=O)NCCOc2c(C)ccc(C)c2C)c1. The summed E-state index contributed by atoms with van der Waals surface area (Å²) < 4.78 is 10.5. The van der Waals surface area contributed by atoms with Gasteiger partial charge in [-0.05, 0) is 55.7 Å². The minimum atomic E-state index is -0.452. The van der Waals surface area contributed by atoms with Crippen LogP contribution < -0.4 is 15.4 Å². The number of nitrogens with one attached hydrogen (secondary N) is 2. The van der Waals surface area contributed by atoms with Crippen LogP contribution in [0, 0.1) is 20.8 Å². The van der Waals surface area contributed by atoms with Crippen LogP contribution in [-0.2, 0) is 4.74 Å². The molecule has 0 heterocycles. The van der Waals surface area contributed by atoms with Crippen molar-refractivity contribution in [1.29, 1.82) is 0 Å². The van der Waals surface area contributed by atoms with Crippen LogP contribution in [0.15, 0.2) is 36.4 Å². The predicted molar refractivity (Wildman–Crippen MR) is 101 cm³/mol. The lowest BCUT2D eigenvalue weighted by Gasteiger charge is -2.14. The molecule has 0 saturated heterocycles. The van der Waals surface area contributed by atoms with Gasteiger partial charge in [-0.25, -0.2) is 9.59 Å². The molecule has 0 atom stereocenters. The summed E-state index contributed by atoms with van der Waals surface area (Å²) >= 11 is 0. The van der Waals surface area contributed by atoms with Gasteiger partial charge >= 0.3 is 12.0 Å². The van der Waals surface area contributed by atoms with Gasteiger partial charge in [-0.15, -0.1) is 0 Å². The van der Waals surface area contributed by atoms with Gasteiger partial charge in [-0.1, -0.05) is 18.2 Å². The maximum absolute atomic E-state index is 12.0. The normalized spacial score (nSPS) is 10.2. The molecule has 6 nitrogen and oxygen atoms in total. The van der Waals surface area contributed by atoms with Gasteiger partial charge in [-0.3, -0.25) is 0 Å². The smallest absolute Gasteiger partial charge is 0.337 e. The van der Waals surface area contributed by atoms with E-state index in [2.05, 4.69) is 21.4 Å². The van der Waals surface area contributed by atoms with Crippen molar-refractivity contribution in [2.75, 3.05) is 25.6 Å². The quantitative estimate of drug-likeness (QED) is 0.612. The van der Waals surface area contributed by atoms with E-state index in [1.165, 1.54) is 12.7 Å². The van der Waals surface area contributed by atoms with Crippen molar-refractivity contribution in [1.82, 2.24) is 5.32 Å². The molecule has 0 aromatic heterocycles. The Morgan fingerprint density at radius 3 is 2.50 bits per heavy atom. The summed E-state index contributed by atoms with van der Waals surface area (Å²) in [6.07, 6.45) is 0. The molecule has 0 aliphatic carbocycles. The van der Waals surface area contributed by atoms with Crippen LogP contribution >= 0.6 is 0 Å². The fraction of sp³-hybridized carbons (Fsp3) is 0.300. The Balaban J connectivity index is 1.83. The molecule has 2 aromatic carbocycles. The van der Waals surface area contributed by atoms with Crippen LogP contribution in [0.3, 0.4) is 0 Å². The highest BCUT2D eigenvalue weighted by atomic mass is 16.5. The van der Waals surface area contributed by atoms with Crippen molar-refractivity contribution in [3.05, 3.63) is 58.7 Å². The molecule has 0 aliphatic rings. The molecule has 0 aliphatic heterocycles. The largest absolute Gasteiger partial charge is 0.491 e. The van der Waals surface area contributed by atoms with Crippen LogP contribution in [0.1, 0.15) is 27.0 Å². The molecule has 138 valence electrons. The molecule has 6 heteroatoms. The number of carbonyl (C=O) groups is 2. The number of rotatable bonds is 6. The first-order valence-corrected chi connectivity index (χ1v) is 8.35. The molecule has 2 amide bonds. The Kier molecular flexibility index (Phi) is 6.60. The number of carbonyl (C=O) groups excluding carboxylic acids is 2. The number of aryl methyl sites for hydroxylation is 2. The first-order valence-electron chi connectivity index (χ1n) is 8.35. The third-order valence-corrected chi connectivity index (χ3v) is 4.05. The minimum absolute atomic E-state index is 0.356. The van der Waals surface area contributed by atoms with E-state index < -0.39 is 5.97 Å². The molecule has 0 fully saturated rings. The molecule has 0 unspecified atom stereocenters. The van der Waals surface area contributed by atoms with E-state index in [0.29, 0.717) is 24.4 Å². The van der Waals surface area contributed by atoms with Gasteiger partial charge in [0.15, 0.2) is 0 Å². The van der Waals surface area contributed by atoms with Crippen molar-refractivity contribution in [2.24, 2.45) is 0 Å². The first kappa shape index (κ1) is 19.3. The summed E-state index contributed by atoms with van der Waals surface area (Å²) in [7, 11) is 1.31. The van der Waals surface area contributed by atoms with Crippen molar-refractivity contribution in [3.63, 3.8) is 0 Å². The lowest BCUT2D eigenvalue weighted by molar-refractivity contribution is 0.0600. The molecule has 26 heavy (non-hydrogen) atoms. The Morgan fingerprint density at radius 1 is 1.04 bits per heavy atom. The number of hydrogen-bond donors (Lipinski definition) is 2. The second kappa shape index (κ2) is 8.89. The van der Waals surface area contributed by atoms with E-state index in [-0.39, 0.29) is 6.03 Å². The zero-order chi connectivity index (χ0) is 19.1. The zero-order valence-electron chi connectivity index (χ0n) is 15.5. The highest BCUT2D eigenvalue weighted by Crippen LogP contribution is 2.25. The predicted octanol–water partition coefficient (Wildman–Crippen LogP) is 3.60. The van der Waals surface area contributed by atoms with E-state index in [1.807, 2.05) is 26.8 Å². The summed E-state index contributed by atoms with van der Waals surface area (Å²) in [6.45, 7) is 6.77. The zero-order valence-corrected chi connectivity index (χ0v) is 15.5. The molecule has 2 aromatic rings. The van der Waals surface area contributed by atoms with Crippen molar-refractivity contribution in [2.45, 2.75) is 20.8 Å². The highest BCUT2D eigenvalue weighted by Gasteiger charge is 2.09. The van der Waals surface area contributed by atoms with E-state index in [1.54, 1.807) is 24.3 Å². The molecule has 0 spiro atoms. The van der Waals surface area contributed by atoms with Crippen LogP contribution in [0.2, 0.25) is 0 Å². The summed E-state index contributed by atoms with van der Waals surface area (Å²) in [4.78, 5) is 23.5. The Hall–Kier alpha value is -3.02. The molecule has 2 rings (SSSR count). The number of ether oxygens (including phenoxy) is 2. The third-order valence-electron chi connectivity index (χ3n) is 4.05. The number of benzene rings is 2. The average molecular weight is 356 g/mol. The molecule has 2 N–H and O–H groups in total. The highest BCUT2D eigenvalue weighted by molar-refractivity contribution is 5.93. The summed E-state index contributed by atoms with van der Waals surface area (Å²) in [5.41, 5.74) is 4.23. The Morgan fingerprint density at radius 2 is 1.77 bits per heavy atom. The Labute approximate surface area is 153 Å². The lowest BCUT2D eigenvalue weighted by Crippen LogP contribution is -2.32. The van der Waals surface area contributed by atoms with Crippen molar-refractivity contribution in [3.8, 4) is 5.75 Å². The fourth-order valence-corrected chi connectivity index (χ4v) is 2.48. The maximum atomic E-state index is 12.0. The Bertz CT molecular complexity index is 802. The number of urea groups is 1. The van der Waals surface area contributed by atoms with Gasteiger partial charge in [0.1, 0.15) is 12.4 Å². The summed E-state index contributed by atoms with van der Waals surface area (Å²) in [6, 6.07) is 10.3. The van der Waals surface area contributed by atoms with Gasteiger partial charge in [0, 0.05) is 5.69 Å². The molecular weight excluding hydrogens is 332 g/mol. The third kappa shape index (κ3) is 4.99. The molecule has 0 saturated carbocycles. The monoisotopic (exact) mass is 356 g/mol. The number of hydrogen-bond acceptors (Lipinski definition) is 4. The second-order valence-electron chi connectivity index (χ2n) is 5.96. The van der Waals surface area contributed by atoms with Gasteiger partial charge in [0.2, 0.25) is 0 Å². The first-order chi connectivity index (χ1) is 12.4. The van der Waals surface area contributed by atoms with Crippen LogP contribution in [0.5, 0.6) is 5.75 Å².